The highest BCUT2D eigenvalue weighted by molar-refractivity contribution is 5.83. The average Bonchev–Trinajstić information content (AvgIpc) is 2.25. The van der Waals surface area contributed by atoms with E-state index in [2.05, 4.69) is 10.3 Å². The molecule has 0 spiro atoms. The van der Waals surface area contributed by atoms with Crippen LogP contribution in [0.1, 0.15) is 12.0 Å². The van der Waals surface area contributed by atoms with Crippen LogP contribution < -0.4 is 11.1 Å². The summed E-state index contributed by atoms with van der Waals surface area (Å²) in [5, 5.41) is 2.42. The minimum absolute atomic E-state index is 0.105. The fourth-order valence-corrected chi connectivity index (χ4v) is 1.08. The van der Waals surface area contributed by atoms with E-state index in [4.69, 9.17) is 5.73 Å². The summed E-state index contributed by atoms with van der Waals surface area (Å²) in [5.41, 5.74) is 5.88. The van der Waals surface area contributed by atoms with Gasteiger partial charge in [-0.05, 0) is 18.1 Å². The van der Waals surface area contributed by atoms with Crippen molar-refractivity contribution in [1.29, 1.82) is 0 Å². The Morgan fingerprint density at radius 1 is 1.47 bits per heavy atom. The van der Waals surface area contributed by atoms with Crippen LogP contribution in [0.25, 0.3) is 0 Å². The molecule has 0 bridgehead atoms. The van der Waals surface area contributed by atoms with Gasteiger partial charge in [0.15, 0.2) is 0 Å². The highest BCUT2D eigenvalue weighted by atomic mass is 16.2. The molecule has 0 saturated carbocycles. The van der Waals surface area contributed by atoms with Crippen LogP contribution in [-0.4, -0.2) is 23.3 Å². The number of hydrogen-bond donors (Lipinski definition) is 2. The molecule has 0 fully saturated rings. The monoisotopic (exact) mass is 207 g/mol. The average molecular weight is 207 g/mol. The van der Waals surface area contributed by atoms with E-state index in [9.17, 15) is 9.59 Å². The van der Waals surface area contributed by atoms with Crippen molar-refractivity contribution in [3.63, 3.8) is 0 Å². The van der Waals surface area contributed by atoms with Gasteiger partial charge in [0.1, 0.15) is 0 Å². The van der Waals surface area contributed by atoms with Crippen LogP contribution in [0.4, 0.5) is 0 Å². The number of amides is 2. The van der Waals surface area contributed by atoms with Crippen LogP contribution in [0.2, 0.25) is 0 Å². The Morgan fingerprint density at radius 2 is 2.27 bits per heavy atom. The van der Waals surface area contributed by atoms with E-state index < -0.39 is 5.91 Å². The third-order valence-corrected chi connectivity index (χ3v) is 1.82. The van der Waals surface area contributed by atoms with Gasteiger partial charge in [-0.2, -0.15) is 0 Å². The molecule has 2 amide bonds. The highest BCUT2D eigenvalue weighted by Crippen LogP contribution is 1.99. The zero-order chi connectivity index (χ0) is 11.1. The minimum Gasteiger partial charge on any atom is -0.368 e. The van der Waals surface area contributed by atoms with Crippen molar-refractivity contribution < 1.29 is 9.59 Å². The van der Waals surface area contributed by atoms with E-state index in [1.807, 2.05) is 12.1 Å². The van der Waals surface area contributed by atoms with Crippen molar-refractivity contribution in [2.45, 2.75) is 12.8 Å². The second kappa shape index (κ2) is 5.74. The first kappa shape index (κ1) is 11.2. The standard InChI is InChI=1S/C10H13N3O2/c11-9(14)7-13-10(15)4-3-8-2-1-5-12-6-8/h1-2,5-6H,3-4,7H2,(H2,11,14)(H,13,15). The molecule has 1 rings (SSSR count). The molecule has 1 aromatic rings. The molecule has 0 radical (unpaired) electrons. The van der Waals surface area contributed by atoms with E-state index in [1.165, 1.54) is 0 Å². The number of nitrogens with one attached hydrogen (secondary N) is 1. The number of aryl methyl sites for hydroxylation is 1. The maximum Gasteiger partial charge on any atom is 0.236 e. The lowest BCUT2D eigenvalue weighted by molar-refractivity contribution is -0.124. The lowest BCUT2D eigenvalue weighted by Crippen LogP contribution is -2.33. The Kier molecular flexibility index (Phi) is 4.28. The summed E-state index contributed by atoms with van der Waals surface area (Å²) in [5.74, 6) is -0.720. The third-order valence-electron chi connectivity index (χ3n) is 1.82. The number of aromatic nitrogens is 1. The number of carbonyl (C=O) groups excluding carboxylic acids is 2. The number of primary amides is 1. The summed E-state index contributed by atoms with van der Waals surface area (Å²) in [6.45, 7) is -0.105. The number of nitrogens with zero attached hydrogens (tertiary/aromatic N) is 1. The maximum atomic E-state index is 11.2. The molecule has 1 heterocycles. The molecule has 0 aliphatic heterocycles. The zero-order valence-electron chi connectivity index (χ0n) is 8.27. The van der Waals surface area contributed by atoms with Crippen LogP contribution in [0.15, 0.2) is 24.5 Å². The van der Waals surface area contributed by atoms with Crippen molar-refractivity contribution in [2.75, 3.05) is 6.54 Å². The Balaban J connectivity index is 2.26. The van der Waals surface area contributed by atoms with E-state index in [1.54, 1.807) is 12.4 Å². The van der Waals surface area contributed by atoms with Gasteiger partial charge in [-0.25, -0.2) is 0 Å². The number of hydrogen-bond acceptors (Lipinski definition) is 3. The predicted molar refractivity (Wildman–Crippen MR) is 54.8 cm³/mol. The molecular formula is C10H13N3O2. The van der Waals surface area contributed by atoms with Gasteiger partial charge in [-0.3, -0.25) is 14.6 Å². The molecule has 0 saturated heterocycles. The predicted octanol–water partition coefficient (Wildman–Crippen LogP) is -0.384. The molecule has 80 valence electrons. The molecule has 5 heteroatoms. The van der Waals surface area contributed by atoms with Gasteiger partial charge >= 0.3 is 0 Å². The van der Waals surface area contributed by atoms with Crippen molar-refractivity contribution in [3.8, 4) is 0 Å². The van der Waals surface area contributed by atoms with Gasteiger partial charge in [-0.1, -0.05) is 6.07 Å². The number of pyridine rings is 1. The molecule has 0 aliphatic carbocycles. The molecule has 0 atom stereocenters. The first-order valence-electron chi connectivity index (χ1n) is 4.62. The Morgan fingerprint density at radius 3 is 2.87 bits per heavy atom. The first-order chi connectivity index (χ1) is 7.18. The molecule has 0 unspecified atom stereocenters. The Labute approximate surface area is 87.7 Å². The normalized spacial score (nSPS) is 9.60. The van der Waals surface area contributed by atoms with E-state index in [0.717, 1.165) is 5.56 Å². The largest absolute Gasteiger partial charge is 0.368 e. The van der Waals surface area contributed by atoms with Crippen LogP contribution in [0.3, 0.4) is 0 Å². The molecule has 3 N–H and O–H groups in total. The number of rotatable bonds is 5. The summed E-state index contributed by atoms with van der Waals surface area (Å²) < 4.78 is 0. The van der Waals surface area contributed by atoms with Crippen LogP contribution in [-0.2, 0) is 16.0 Å². The Hall–Kier alpha value is -1.91. The summed E-state index contributed by atoms with van der Waals surface area (Å²) in [7, 11) is 0. The topological polar surface area (TPSA) is 85.1 Å². The molecule has 0 aromatic carbocycles. The number of carbonyl (C=O) groups is 2. The van der Waals surface area contributed by atoms with Crippen molar-refractivity contribution in [1.82, 2.24) is 10.3 Å². The molecule has 5 nitrogen and oxygen atoms in total. The molecule has 15 heavy (non-hydrogen) atoms. The number of nitrogens with two attached hydrogens (primary N) is 1. The highest BCUT2D eigenvalue weighted by Gasteiger charge is 2.02. The van der Waals surface area contributed by atoms with Gasteiger partial charge in [0.05, 0.1) is 6.54 Å². The van der Waals surface area contributed by atoms with Gasteiger partial charge in [-0.15, -0.1) is 0 Å². The van der Waals surface area contributed by atoms with Gasteiger partial charge in [0.2, 0.25) is 11.8 Å². The van der Waals surface area contributed by atoms with Crippen molar-refractivity contribution in [2.24, 2.45) is 5.73 Å². The summed E-state index contributed by atoms with van der Waals surface area (Å²) in [6.07, 6.45) is 4.33. The summed E-state index contributed by atoms with van der Waals surface area (Å²) in [6, 6.07) is 3.71. The van der Waals surface area contributed by atoms with Crippen molar-refractivity contribution in [3.05, 3.63) is 30.1 Å². The fraction of sp³-hybridized carbons (Fsp3) is 0.300. The van der Waals surface area contributed by atoms with Crippen LogP contribution in [0, 0.1) is 0 Å². The quantitative estimate of drug-likeness (QED) is 0.690. The second-order valence-corrected chi connectivity index (χ2v) is 3.10. The molecule has 0 aliphatic rings. The minimum atomic E-state index is -0.537. The lowest BCUT2D eigenvalue weighted by Gasteiger charge is -2.02. The van der Waals surface area contributed by atoms with E-state index in [0.29, 0.717) is 12.8 Å². The Bertz CT molecular complexity index is 338. The van der Waals surface area contributed by atoms with Gasteiger partial charge in [0.25, 0.3) is 0 Å². The second-order valence-electron chi connectivity index (χ2n) is 3.10. The van der Waals surface area contributed by atoms with Gasteiger partial charge in [0, 0.05) is 18.8 Å². The van der Waals surface area contributed by atoms with E-state index >= 15 is 0 Å². The maximum absolute atomic E-state index is 11.2. The molecule has 1 aromatic heterocycles. The molecular weight excluding hydrogens is 194 g/mol. The first-order valence-corrected chi connectivity index (χ1v) is 4.62. The van der Waals surface area contributed by atoms with Crippen LogP contribution >= 0.6 is 0 Å². The van der Waals surface area contributed by atoms with E-state index in [-0.39, 0.29) is 12.5 Å². The van der Waals surface area contributed by atoms with Crippen LogP contribution in [0.5, 0.6) is 0 Å². The summed E-state index contributed by atoms with van der Waals surface area (Å²) in [4.78, 5) is 25.5. The zero-order valence-corrected chi connectivity index (χ0v) is 8.27. The lowest BCUT2D eigenvalue weighted by atomic mass is 10.1. The third kappa shape index (κ3) is 4.75. The smallest absolute Gasteiger partial charge is 0.236 e. The van der Waals surface area contributed by atoms with Gasteiger partial charge < -0.3 is 11.1 Å². The fourth-order valence-electron chi connectivity index (χ4n) is 1.08. The summed E-state index contributed by atoms with van der Waals surface area (Å²) >= 11 is 0. The SMILES string of the molecule is NC(=O)CNC(=O)CCc1cccnc1. The van der Waals surface area contributed by atoms with Crippen molar-refractivity contribution >= 4 is 11.8 Å².